The van der Waals surface area contributed by atoms with Gasteiger partial charge in [-0.2, -0.15) is 18.4 Å². The standard InChI is InChI=1S/C28H19F4NO4/c1-35-23-4-2-3-19(27(23)36-14-13-28(30,31)32)9-12-22-25(18-7-5-17(16-33)6-8-18)26(34)21-11-10-20(29)15-24(21)37-22/h2-12,15H,13-14H2,1H3/b12-9+. The third kappa shape index (κ3) is 5.81. The highest BCUT2D eigenvalue weighted by atomic mass is 19.4. The summed E-state index contributed by atoms with van der Waals surface area (Å²) < 4.78 is 68.4. The van der Waals surface area contributed by atoms with Gasteiger partial charge in [0.2, 0.25) is 5.43 Å². The summed E-state index contributed by atoms with van der Waals surface area (Å²) in [5.41, 5.74) is 1.000. The first-order valence-electron chi connectivity index (χ1n) is 11.0. The number of methoxy groups -OCH3 is 1. The Morgan fingerprint density at radius 2 is 1.81 bits per heavy atom. The Balaban J connectivity index is 1.83. The highest BCUT2D eigenvalue weighted by molar-refractivity contribution is 5.87. The van der Waals surface area contributed by atoms with Gasteiger partial charge in [-0.25, -0.2) is 4.39 Å². The number of nitrogens with zero attached hydrogens (tertiary/aromatic N) is 1. The maximum absolute atomic E-state index is 13.9. The van der Waals surface area contributed by atoms with Crippen LogP contribution in [-0.4, -0.2) is 19.9 Å². The summed E-state index contributed by atoms with van der Waals surface area (Å²) in [7, 11) is 1.36. The number of nitriles is 1. The van der Waals surface area contributed by atoms with E-state index < -0.39 is 30.5 Å². The summed E-state index contributed by atoms with van der Waals surface area (Å²) in [5.74, 6) is -0.208. The number of rotatable bonds is 7. The third-order valence-corrected chi connectivity index (χ3v) is 5.46. The lowest BCUT2D eigenvalue weighted by Gasteiger charge is -2.14. The summed E-state index contributed by atoms with van der Waals surface area (Å²) in [6, 6.07) is 16.6. The highest BCUT2D eigenvalue weighted by Crippen LogP contribution is 2.34. The van der Waals surface area contributed by atoms with Crippen LogP contribution in [0, 0.1) is 17.1 Å². The fourth-order valence-electron chi connectivity index (χ4n) is 3.70. The first kappa shape index (κ1) is 25.5. The van der Waals surface area contributed by atoms with Gasteiger partial charge >= 0.3 is 6.18 Å². The molecule has 1 aromatic heterocycles. The second kappa shape index (κ2) is 10.6. The molecule has 0 aliphatic heterocycles. The predicted octanol–water partition coefficient (Wildman–Crippen LogP) is 6.98. The zero-order valence-electron chi connectivity index (χ0n) is 19.4. The Morgan fingerprint density at radius 1 is 1.05 bits per heavy atom. The number of alkyl halides is 3. The van der Waals surface area contributed by atoms with Crippen molar-refractivity contribution in [3.63, 3.8) is 0 Å². The van der Waals surface area contributed by atoms with Crippen LogP contribution in [0.5, 0.6) is 11.5 Å². The summed E-state index contributed by atoms with van der Waals surface area (Å²) in [5, 5.41) is 9.26. The van der Waals surface area contributed by atoms with Crippen LogP contribution in [0.15, 0.2) is 69.9 Å². The molecule has 0 spiro atoms. The lowest BCUT2D eigenvalue weighted by molar-refractivity contribution is -0.139. The van der Waals surface area contributed by atoms with Crippen LogP contribution in [0.25, 0.3) is 34.2 Å². The molecule has 5 nitrogen and oxygen atoms in total. The molecular weight excluding hydrogens is 490 g/mol. The molecule has 0 radical (unpaired) electrons. The Hall–Kier alpha value is -4.58. The quantitative estimate of drug-likeness (QED) is 0.251. The summed E-state index contributed by atoms with van der Waals surface area (Å²) in [6.07, 6.45) is -2.59. The van der Waals surface area contributed by atoms with Crippen molar-refractivity contribution in [2.24, 2.45) is 0 Å². The van der Waals surface area contributed by atoms with E-state index in [1.54, 1.807) is 42.5 Å². The van der Waals surface area contributed by atoms with Gasteiger partial charge in [0.05, 0.1) is 42.7 Å². The van der Waals surface area contributed by atoms with Gasteiger partial charge in [-0.15, -0.1) is 0 Å². The molecule has 0 N–H and O–H groups in total. The lowest BCUT2D eigenvalue weighted by atomic mass is 10.00. The summed E-state index contributed by atoms with van der Waals surface area (Å²) in [6.45, 7) is -0.620. The molecule has 3 aromatic carbocycles. The second-order valence-corrected chi connectivity index (χ2v) is 7.93. The van der Waals surface area contributed by atoms with Gasteiger partial charge in [-0.05, 0) is 48.0 Å². The number of fused-ring (bicyclic) bond motifs is 1. The van der Waals surface area contributed by atoms with E-state index in [1.165, 1.54) is 25.3 Å². The van der Waals surface area contributed by atoms with E-state index in [2.05, 4.69) is 0 Å². The smallest absolute Gasteiger partial charge is 0.392 e. The molecule has 0 atom stereocenters. The topological polar surface area (TPSA) is 72.5 Å². The number of benzene rings is 3. The molecule has 0 saturated heterocycles. The lowest BCUT2D eigenvalue weighted by Crippen LogP contribution is -2.13. The van der Waals surface area contributed by atoms with Crippen LogP contribution < -0.4 is 14.9 Å². The van der Waals surface area contributed by atoms with E-state index in [4.69, 9.17) is 19.2 Å². The van der Waals surface area contributed by atoms with Gasteiger partial charge in [-0.3, -0.25) is 4.79 Å². The molecule has 0 saturated carbocycles. The van der Waals surface area contributed by atoms with Crippen LogP contribution in [-0.2, 0) is 0 Å². The van der Waals surface area contributed by atoms with Crippen LogP contribution >= 0.6 is 0 Å². The average molecular weight is 509 g/mol. The minimum atomic E-state index is -4.39. The molecule has 9 heteroatoms. The van der Waals surface area contributed by atoms with Crippen molar-refractivity contribution >= 4 is 23.1 Å². The maximum Gasteiger partial charge on any atom is 0.392 e. The van der Waals surface area contributed by atoms with Gasteiger partial charge in [0.15, 0.2) is 11.5 Å². The summed E-state index contributed by atoms with van der Waals surface area (Å²) >= 11 is 0. The monoisotopic (exact) mass is 509 g/mol. The van der Waals surface area contributed by atoms with E-state index in [-0.39, 0.29) is 33.8 Å². The molecule has 0 unspecified atom stereocenters. The molecule has 37 heavy (non-hydrogen) atoms. The van der Waals surface area contributed by atoms with E-state index in [0.717, 1.165) is 12.1 Å². The molecule has 0 fully saturated rings. The molecule has 4 rings (SSSR count). The van der Waals surface area contributed by atoms with Crippen LogP contribution in [0.1, 0.15) is 23.3 Å². The van der Waals surface area contributed by atoms with Crippen molar-refractivity contribution in [2.75, 3.05) is 13.7 Å². The Morgan fingerprint density at radius 3 is 2.49 bits per heavy atom. The van der Waals surface area contributed by atoms with E-state index in [1.807, 2.05) is 6.07 Å². The third-order valence-electron chi connectivity index (χ3n) is 5.46. The van der Waals surface area contributed by atoms with Crippen molar-refractivity contribution in [3.8, 4) is 28.7 Å². The largest absolute Gasteiger partial charge is 0.493 e. The first-order chi connectivity index (χ1) is 17.7. The normalized spacial score (nSPS) is 11.6. The van der Waals surface area contributed by atoms with Gasteiger partial charge in [0.1, 0.15) is 17.2 Å². The van der Waals surface area contributed by atoms with Gasteiger partial charge < -0.3 is 13.9 Å². The molecule has 0 aliphatic rings. The second-order valence-electron chi connectivity index (χ2n) is 7.93. The number of ether oxygens (including phenoxy) is 2. The van der Waals surface area contributed by atoms with Crippen molar-refractivity contribution in [3.05, 3.63) is 93.6 Å². The molecule has 4 aromatic rings. The molecule has 188 valence electrons. The van der Waals surface area contributed by atoms with Crippen LogP contribution in [0.4, 0.5) is 17.6 Å². The van der Waals surface area contributed by atoms with Crippen LogP contribution in [0.2, 0.25) is 0 Å². The number of hydrogen-bond donors (Lipinski definition) is 0. The number of hydrogen-bond acceptors (Lipinski definition) is 5. The molecule has 0 aliphatic carbocycles. The Bertz CT molecular complexity index is 1570. The fourth-order valence-corrected chi connectivity index (χ4v) is 3.70. The minimum Gasteiger partial charge on any atom is -0.493 e. The molecule has 1 heterocycles. The predicted molar refractivity (Wildman–Crippen MR) is 131 cm³/mol. The Kier molecular flexibility index (Phi) is 7.30. The molecular formula is C28H19F4NO4. The van der Waals surface area contributed by atoms with Gasteiger partial charge in [0, 0.05) is 11.6 Å². The van der Waals surface area contributed by atoms with Crippen molar-refractivity contribution in [1.29, 1.82) is 5.26 Å². The zero-order chi connectivity index (χ0) is 26.6. The van der Waals surface area contributed by atoms with Gasteiger partial charge in [-0.1, -0.05) is 24.3 Å². The summed E-state index contributed by atoms with van der Waals surface area (Å²) in [4.78, 5) is 13.4. The maximum atomic E-state index is 13.9. The van der Waals surface area contributed by atoms with Crippen molar-refractivity contribution in [2.45, 2.75) is 12.6 Å². The number of para-hydroxylation sites is 1. The molecule has 0 amide bonds. The number of halogens is 4. The SMILES string of the molecule is COc1cccc(/C=C/c2oc3cc(F)ccc3c(=O)c2-c2ccc(C#N)cc2)c1OCCC(F)(F)F. The van der Waals surface area contributed by atoms with Crippen molar-refractivity contribution < 1.29 is 31.5 Å². The average Bonchev–Trinajstić information content (AvgIpc) is 2.87. The highest BCUT2D eigenvalue weighted by Gasteiger charge is 2.27. The molecule has 0 bridgehead atoms. The van der Waals surface area contributed by atoms with E-state index >= 15 is 0 Å². The fraction of sp³-hybridized carbons (Fsp3) is 0.143. The zero-order valence-corrected chi connectivity index (χ0v) is 19.4. The van der Waals surface area contributed by atoms with Crippen LogP contribution in [0.3, 0.4) is 0 Å². The Labute approximate surface area is 208 Å². The van der Waals surface area contributed by atoms with Crippen molar-refractivity contribution in [1.82, 2.24) is 0 Å². The first-order valence-corrected chi connectivity index (χ1v) is 11.0. The van der Waals surface area contributed by atoms with Gasteiger partial charge in [0.25, 0.3) is 0 Å². The minimum absolute atomic E-state index is 0.0225. The van der Waals surface area contributed by atoms with E-state index in [0.29, 0.717) is 16.7 Å². The van der Waals surface area contributed by atoms with E-state index in [9.17, 15) is 22.4 Å².